The van der Waals surface area contributed by atoms with Crippen LogP contribution < -0.4 is 0 Å². The topological polar surface area (TPSA) is 53.2 Å². The summed E-state index contributed by atoms with van der Waals surface area (Å²) in [5, 5.41) is 17.2. The summed E-state index contributed by atoms with van der Waals surface area (Å²) in [4.78, 5) is 0. The van der Waals surface area contributed by atoms with E-state index in [2.05, 4.69) is 0 Å². The lowest BCUT2D eigenvalue weighted by Crippen LogP contribution is -2.07. The van der Waals surface area contributed by atoms with Crippen LogP contribution in [0.3, 0.4) is 0 Å². The van der Waals surface area contributed by atoms with Crippen LogP contribution in [0.4, 0.5) is 4.39 Å². The molecular weight excluding hydrogens is 185 g/mol. The lowest BCUT2D eigenvalue weighted by Gasteiger charge is -2.10. The normalized spacial score (nSPS) is 12.1. The Labute approximate surface area is 81.4 Å². The third-order valence-electron chi connectivity index (χ3n) is 1.68. The van der Waals surface area contributed by atoms with Crippen LogP contribution in [0.1, 0.15) is 11.7 Å². The van der Waals surface area contributed by atoms with Crippen LogP contribution in [0.5, 0.6) is 0 Å². The summed E-state index contributed by atoms with van der Waals surface area (Å²) < 4.78 is 18.1. The molecule has 0 aliphatic rings. The molecule has 0 saturated heterocycles. The van der Waals surface area contributed by atoms with E-state index in [9.17, 15) is 4.39 Å². The number of nitriles is 1. The van der Waals surface area contributed by atoms with Gasteiger partial charge in [0.1, 0.15) is 5.82 Å². The van der Waals surface area contributed by atoms with Crippen molar-refractivity contribution in [2.45, 2.75) is 6.10 Å². The number of aliphatic hydroxyl groups excluding tert-OH is 1. The van der Waals surface area contributed by atoms with Gasteiger partial charge in [0.05, 0.1) is 19.3 Å². The highest BCUT2D eigenvalue weighted by molar-refractivity contribution is 5.23. The summed E-state index contributed by atoms with van der Waals surface area (Å²) in [6.07, 6.45) is -0.955. The molecular formula is C10H10FNO2. The van der Waals surface area contributed by atoms with Crippen molar-refractivity contribution >= 4 is 0 Å². The molecule has 3 nitrogen and oxygen atoms in total. The molecule has 0 aliphatic heterocycles. The molecule has 0 bridgehead atoms. The first-order valence-electron chi connectivity index (χ1n) is 4.16. The van der Waals surface area contributed by atoms with Gasteiger partial charge in [0, 0.05) is 5.56 Å². The Hall–Kier alpha value is -1.44. The number of aliphatic hydroxyl groups is 1. The molecule has 0 aliphatic carbocycles. The number of hydrogen-bond donors (Lipinski definition) is 1. The van der Waals surface area contributed by atoms with Gasteiger partial charge < -0.3 is 9.84 Å². The second-order valence-corrected chi connectivity index (χ2v) is 2.63. The summed E-state index contributed by atoms with van der Waals surface area (Å²) in [6.45, 7) is -0.167. The van der Waals surface area contributed by atoms with Crippen molar-refractivity contribution in [1.82, 2.24) is 0 Å². The van der Waals surface area contributed by atoms with E-state index in [-0.39, 0.29) is 18.8 Å². The zero-order valence-electron chi connectivity index (χ0n) is 7.48. The van der Waals surface area contributed by atoms with Crippen molar-refractivity contribution in [3.63, 3.8) is 0 Å². The minimum Gasteiger partial charge on any atom is -0.394 e. The molecule has 1 aromatic carbocycles. The number of nitrogens with zero attached hydrogens (tertiary/aromatic N) is 1. The highest BCUT2D eigenvalue weighted by Crippen LogP contribution is 2.19. The van der Waals surface area contributed by atoms with Crippen molar-refractivity contribution in [2.24, 2.45) is 0 Å². The molecule has 0 fully saturated rings. The van der Waals surface area contributed by atoms with Crippen molar-refractivity contribution in [2.75, 3.05) is 13.2 Å². The second-order valence-electron chi connectivity index (χ2n) is 2.63. The van der Waals surface area contributed by atoms with Gasteiger partial charge in [0.25, 0.3) is 0 Å². The van der Waals surface area contributed by atoms with E-state index in [1.807, 2.05) is 6.07 Å². The van der Waals surface area contributed by atoms with Crippen LogP contribution >= 0.6 is 0 Å². The Kier molecular flexibility index (Phi) is 4.05. The first kappa shape index (κ1) is 10.6. The minimum absolute atomic E-state index is 0.0204. The maximum absolute atomic E-state index is 13.2. The highest BCUT2D eigenvalue weighted by atomic mass is 19.1. The zero-order chi connectivity index (χ0) is 10.4. The summed E-state index contributed by atoms with van der Waals surface area (Å²) in [5.41, 5.74) is 0.198. The summed E-state index contributed by atoms with van der Waals surface area (Å²) in [7, 11) is 0. The Balaban J connectivity index is 2.80. The number of hydrogen-bond acceptors (Lipinski definition) is 3. The largest absolute Gasteiger partial charge is 0.394 e. The van der Waals surface area contributed by atoms with Crippen molar-refractivity contribution in [1.29, 1.82) is 5.26 Å². The van der Waals surface area contributed by atoms with Crippen LogP contribution in [0, 0.1) is 17.1 Å². The molecule has 1 N–H and O–H groups in total. The Bertz CT molecular complexity index is 335. The predicted octanol–water partition coefficient (Wildman–Crippen LogP) is 1.40. The van der Waals surface area contributed by atoms with Crippen molar-refractivity contribution < 1.29 is 14.2 Å². The highest BCUT2D eigenvalue weighted by Gasteiger charge is 2.14. The predicted molar refractivity (Wildman–Crippen MR) is 47.8 cm³/mol. The second kappa shape index (κ2) is 5.32. The number of rotatable bonds is 4. The van der Waals surface area contributed by atoms with Crippen LogP contribution in [0.25, 0.3) is 0 Å². The molecule has 4 heteroatoms. The fourth-order valence-electron chi connectivity index (χ4n) is 1.05. The maximum Gasteiger partial charge on any atom is 0.171 e. The van der Waals surface area contributed by atoms with Crippen molar-refractivity contribution in [3.05, 3.63) is 35.6 Å². The molecule has 1 rings (SSSR count). The number of halogens is 1. The summed E-state index contributed by atoms with van der Waals surface area (Å²) in [6, 6.07) is 7.74. The average molecular weight is 195 g/mol. The molecule has 0 saturated carbocycles. The monoisotopic (exact) mass is 195 g/mol. The standard InChI is InChI=1S/C10H10FNO2/c11-9-4-2-1-3-8(9)10(7-12)14-6-5-13/h1-4,10,13H,5-6H2. The molecule has 1 atom stereocenters. The van der Waals surface area contributed by atoms with E-state index in [0.29, 0.717) is 0 Å². The SMILES string of the molecule is N#CC(OCCO)c1ccccc1F. The van der Waals surface area contributed by atoms with Crippen LogP contribution in [0.2, 0.25) is 0 Å². The van der Waals surface area contributed by atoms with Crippen LogP contribution in [-0.4, -0.2) is 18.3 Å². The maximum atomic E-state index is 13.2. The minimum atomic E-state index is -0.955. The van der Waals surface area contributed by atoms with Crippen LogP contribution in [-0.2, 0) is 4.74 Å². The van der Waals surface area contributed by atoms with Gasteiger partial charge in [0.2, 0.25) is 0 Å². The summed E-state index contributed by atoms with van der Waals surface area (Å²) in [5.74, 6) is -0.475. The van der Waals surface area contributed by atoms with Crippen LogP contribution in [0.15, 0.2) is 24.3 Å². The van der Waals surface area contributed by atoms with Gasteiger partial charge in [-0.1, -0.05) is 18.2 Å². The van der Waals surface area contributed by atoms with E-state index < -0.39 is 11.9 Å². The molecule has 1 unspecified atom stereocenters. The first-order chi connectivity index (χ1) is 6.79. The van der Waals surface area contributed by atoms with Gasteiger partial charge in [-0.25, -0.2) is 4.39 Å². The third kappa shape index (κ3) is 2.52. The molecule has 14 heavy (non-hydrogen) atoms. The summed E-state index contributed by atoms with van der Waals surface area (Å²) >= 11 is 0. The Morgan fingerprint density at radius 2 is 2.21 bits per heavy atom. The molecule has 0 aromatic heterocycles. The molecule has 0 radical (unpaired) electrons. The Morgan fingerprint density at radius 3 is 2.79 bits per heavy atom. The van der Waals surface area contributed by atoms with Gasteiger partial charge in [-0.2, -0.15) is 5.26 Å². The van der Waals surface area contributed by atoms with E-state index in [4.69, 9.17) is 15.1 Å². The van der Waals surface area contributed by atoms with E-state index >= 15 is 0 Å². The van der Waals surface area contributed by atoms with Gasteiger partial charge in [-0.05, 0) is 6.07 Å². The van der Waals surface area contributed by atoms with Gasteiger partial charge in [-0.3, -0.25) is 0 Å². The molecule has 0 spiro atoms. The molecule has 1 aromatic rings. The number of benzene rings is 1. The third-order valence-corrected chi connectivity index (χ3v) is 1.68. The smallest absolute Gasteiger partial charge is 0.171 e. The van der Waals surface area contributed by atoms with Gasteiger partial charge in [0.15, 0.2) is 6.10 Å². The van der Waals surface area contributed by atoms with Crippen molar-refractivity contribution in [3.8, 4) is 6.07 Å². The fraction of sp³-hybridized carbons (Fsp3) is 0.300. The lowest BCUT2D eigenvalue weighted by molar-refractivity contribution is 0.0563. The van der Waals surface area contributed by atoms with Gasteiger partial charge in [-0.15, -0.1) is 0 Å². The molecule has 0 amide bonds. The first-order valence-corrected chi connectivity index (χ1v) is 4.16. The quantitative estimate of drug-likeness (QED) is 0.790. The molecule has 74 valence electrons. The van der Waals surface area contributed by atoms with E-state index in [1.54, 1.807) is 12.1 Å². The van der Waals surface area contributed by atoms with E-state index in [1.165, 1.54) is 12.1 Å². The Morgan fingerprint density at radius 1 is 1.50 bits per heavy atom. The van der Waals surface area contributed by atoms with Gasteiger partial charge >= 0.3 is 0 Å². The molecule has 0 heterocycles. The fourth-order valence-corrected chi connectivity index (χ4v) is 1.05. The van der Waals surface area contributed by atoms with E-state index in [0.717, 1.165) is 0 Å². The zero-order valence-corrected chi connectivity index (χ0v) is 7.48. The average Bonchev–Trinajstić information content (AvgIpc) is 2.21. The number of ether oxygens (including phenoxy) is 1. The lowest BCUT2D eigenvalue weighted by atomic mass is 10.1.